The number of non-ortho nitro benzene ring substituents is 1. The number of fused-ring (bicyclic) bond motifs is 1. The first-order chi connectivity index (χ1) is 17.2. The van der Waals surface area contributed by atoms with Crippen molar-refractivity contribution >= 4 is 33.6 Å². The number of halogens is 3. The molecule has 1 aromatic heterocycles. The molecular weight excluding hydrogens is 471 g/mol. The molecule has 0 aliphatic carbocycles. The van der Waals surface area contributed by atoms with E-state index in [1.54, 1.807) is 36.7 Å². The molecule has 6 nitrogen and oxygen atoms in total. The van der Waals surface area contributed by atoms with Crippen molar-refractivity contribution in [2.45, 2.75) is 6.18 Å². The van der Waals surface area contributed by atoms with Gasteiger partial charge in [-0.1, -0.05) is 48.6 Å². The summed E-state index contributed by atoms with van der Waals surface area (Å²) in [7, 11) is 0. The van der Waals surface area contributed by atoms with Crippen molar-refractivity contribution in [3.05, 3.63) is 130 Å². The van der Waals surface area contributed by atoms with Crippen LogP contribution in [0.25, 0.3) is 16.3 Å². The number of carbonyl (C=O) groups is 1. The number of benzene rings is 3. The second-order valence-electron chi connectivity index (χ2n) is 7.71. The summed E-state index contributed by atoms with van der Waals surface area (Å²) in [6.07, 6.45) is 3.03. The van der Waals surface area contributed by atoms with Crippen LogP contribution in [0.2, 0.25) is 0 Å². The molecule has 9 heteroatoms. The van der Waals surface area contributed by atoms with E-state index in [9.17, 15) is 28.1 Å². The van der Waals surface area contributed by atoms with Gasteiger partial charge in [-0.15, -0.1) is 0 Å². The van der Waals surface area contributed by atoms with E-state index < -0.39 is 22.6 Å². The lowest BCUT2D eigenvalue weighted by Gasteiger charge is -2.11. The Morgan fingerprint density at radius 2 is 1.72 bits per heavy atom. The molecule has 0 aliphatic heterocycles. The van der Waals surface area contributed by atoms with Gasteiger partial charge in [-0.3, -0.25) is 19.9 Å². The van der Waals surface area contributed by atoms with E-state index in [-0.39, 0.29) is 5.69 Å². The molecule has 0 unspecified atom stereocenters. The lowest BCUT2D eigenvalue weighted by atomic mass is 9.96. The maximum absolute atomic E-state index is 13.0. The van der Waals surface area contributed by atoms with E-state index >= 15 is 0 Å². The lowest BCUT2D eigenvalue weighted by Crippen LogP contribution is -2.08. The normalized spacial score (nSPS) is 12.1. The number of pyridine rings is 1. The van der Waals surface area contributed by atoms with Crippen molar-refractivity contribution in [1.82, 2.24) is 4.98 Å². The third-order valence-corrected chi connectivity index (χ3v) is 5.34. The molecule has 3 aromatic carbocycles. The van der Waals surface area contributed by atoms with Gasteiger partial charge in [0.1, 0.15) is 0 Å². The predicted octanol–water partition coefficient (Wildman–Crippen LogP) is 6.79. The van der Waals surface area contributed by atoms with Crippen LogP contribution in [-0.4, -0.2) is 15.8 Å². The Morgan fingerprint density at radius 3 is 2.44 bits per heavy atom. The fourth-order valence-electron chi connectivity index (χ4n) is 3.62. The summed E-state index contributed by atoms with van der Waals surface area (Å²) in [5.41, 5.74) is 0.830. The summed E-state index contributed by atoms with van der Waals surface area (Å²) >= 11 is 0. The average Bonchev–Trinajstić information content (AvgIpc) is 2.86. The Balaban J connectivity index is 1.65. The topological polar surface area (TPSA) is 85.1 Å². The first-order valence-corrected chi connectivity index (χ1v) is 10.7. The van der Waals surface area contributed by atoms with Gasteiger partial charge in [-0.2, -0.15) is 13.2 Å². The van der Waals surface area contributed by atoms with Crippen molar-refractivity contribution in [2.75, 3.05) is 5.32 Å². The number of nitrogens with zero attached hydrogens (tertiary/aromatic N) is 2. The van der Waals surface area contributed by atoms with E-state index in [0.717, 1.165) is 22.9 Å². The Bertz CT molecular complexity index is 1490. The van der Waals surface area contributed by atoms with E-state index in [0.29, 0.717) is 22.4 Å². The highest BCUT2D eigenvalue weighted by atomic mass is 19.4. The first kappa shape index (κ1) is 24.3. The second kappa shape index (κ2) is 10.2. The number of hydrogen-bond acceptors (Lipinski definition) is 4. The number of aromatic nitrogens is 1. The van der Waals surface area contributed by atoms with Gasteiger partial charge in [0, 0.05) is 47.1 Å². The zero-order valence-electron chi connectivity index (χ0n) is 18.6. The molecule has 0 aliphatic rings. The van der Waals surface area contributed by atoms with Crippen LogP contribution in [0, 0.1) is 10.1 Å². The highest BCUT2D eigenvalue weighted by molar-refractivity contribution is 6.06. The zero-order chi connectivity index (χ0) is 25.7. The Morgan fingerprint density at radius 1 is 0.972 bits per heavy atom. The molecule has 0 radical (unpaired) electrons. The minimum absolute atomic E-state index is 0.169. The SMILES string of the molecule is O=C(/C=C/C=C(/c1ccc(C(F)(F)F)cc1)c1cccc([N+](=O)[O-])c1)Nc1cccc2cnccc12. The predicted molar refractivity (Wildman–Crippen MR) is 131 cm³/mol. The first-order valence-electron chi connectivity index (χ1n) is 10.7. The summed E-state index contributed by atoms with van der Waals surface area (Å²) in [4.78, 5) is 27.3. The third-order valence-electron chi connectivity index (χ3n) is 5.34. The number of rotatable bonds is 6. The molecule has 0 atom stereocenters. The number of nitrogens with one attached hydrogen (secondary N) is 1. The van der Waals surface area contributed by atoms with Crippen LogP contribution in [-0.2, 0) is 11.0 Å². The third kappa shape index (κ3) is 5.64. The van der Waals surface area contributed by atoms with E-state index in [2.05, 4.69) is 10.3 Å². The molecule has 1 amide bonds. The quantitative estimate of drug-likeness (QED) is 0.140. The average molecular weight is 489 g/mol. The van der Waals surface area contributed by atoms with Crippen molar-refractivity contribution in [2.24, 2.45) is 0 Å². The van der Waals surface area contributed by atoms with Gasteiger partial charge >= 0.3 is 6.18 Å². The maximum Gasteiger partial charge on any atom is 0.416 e. The van der Waals surface area contributed by atoms with Crippen LogP contribution in [0.5, 0.6) is 0 Å². The van der Waals surface area contributed by atoms with E-state index in [1.165, 1.54) is 48.6 Å². The molecule has 0 saturated heterocycles. The monoisotopic (exact) mass is 489 g/mol. The Kier molecular flexibility index (Phi) is 6.91. The van der Waals surface area contributed by atoms with Gasteiger partial charge in [-0.05, 0) is 41.0 Å². The van der Waals surface area contributed by atoms with Crippen molar-refractivity contribution in [3.8, 4) is 0 Å². The molecular formula is C27H18F3N3O3. The van der Waals surface area contributed by atoms with Crippen LogP contribution < -0.4 is 5.32 Å². The summed E-state index contributed by atoms with van der Waals surface area (Å²) < 4.78 is 39.0. The molecule has 0 saturated carbocycles. The summed E-state index contributed by atoms with van der Waals surface area (Å²) in [6.45, 7) is 0. The molecule has 0 bridgehead atoms. The lowest BCUT2D eigenvalue weighted by molar-refractivity contribution is -0.384. The van der Waals surface area contributed by atoms with Crippen LogP contribution in [0.4, 0.5) is 24.5 Å². The molecule has 0 spiro atoms. The van der Waals surface area contributed by atoms with Gasteiger partial charge in [0.05, 0.1) is 10.5 Å². The largest absolute Gasteiger partial charge is 0.416 e. The molecule has 4 aromatic rings. The summed E-state index contributed by atoms with van der Waals surface area (Å²) in [6, 6.07) is 17.3. The fourth-order valence-corrected chi connectivity index (χ4v) is 3.62. The standard InChI is InChI=1S/C27H18F3N3O3/c28-27(29,30)21-12-10-18(11-13-21)23(19-4-1-6-22(16-19)33(35)36)7-3-9-26(34)32-25-8-2-5-20-17-31-15-14-24(20)25/h1-17H,(H,32,34)/b9-3+,23-7-. The molecule has 1 heterocycles. The zero-order valence-corrected chi connectivity index (χ0v) is 18.6. The van der Waals surface area contributed by atoms with E-state index in [4.69, 9.17) is 0 Å². The number of nitro benzene ring substituents is 1. The highest BCUT2D eigenvalue weighted by Gasteiger charge is 2.30. The smallest absolute Gasteiger partial charge is 0.322 e. The summed E-state index contributed by atoms with van der Waals surface area (Å²) in [5, 5.41) is 15.7. The summed E-state index contributed by atoms with van der Waals surface area (Å²) in [5.74, 6) is -0.429. The van der Waals surface area contributed by atoms with Gasteiger partial charge in [-0.25, -0.2) is 0 Å². The second-order valence-corrected chi connectivity index (χ2v) is 7.71. The number of amides is 1. The van der Waals surface area contributed by atoms with Gasteiger partial charge in [0.25, 0.3) is 5.69 Å². The highest BCUT2D eigenvalue weighted by Crippen LogP contribution is 2.32. The van der Waals surface area contributed by atoms with Gasteiger partial charge < -0.3 is 5.32 Å². The molecule has 1 N–H and O–H groups in total. The Hall–Kier alpha value is -4.79. The van der Waals surface area contributed by atoms with Gasteiger partial charge in [0.15, 0.2) is 0 Å². The van der Waals surface area contributed by atoms with Crippen LogP contribution in [0.3, 0.4) is 0 Å². The van der Waals surface area contributed by atoms with Crippen molar-refractivity contribution in [1.29, 1.82) is 0 Å². The number of anilines is 1. The van der Waals surface area contributed by atoms with Crippen LogP contribution >= 0.6 is 0 Å². The van der Waals surface area contributed by atoms with Crippen LogP contribution in [0.1, 0.15) is 16.7 Å². The number of hydrogen-bond donors (Lipinski definition) is 1. The molecule has 4 rings (SSSR count). The minimum atomic E-state index is -4.50. The minimum Gasteiger partial charge on any atom is -0.322 e. The number of nitro groups is 1. The van der Waals surface area contributed by atoms with E-state index in [1.807, 2.05) is 6.07 Å². The number of allylic oxidation sites excluding steroid dienone is 2. The molecule has 180 valence electrons. The maximum atomic E-state index is 13.0. The van der Waals surface area contributed by atoms with Gasteiger partial charge in [0.2, 0.25) is 5.91 Å². The number of carbonyl (C=O) groups excluding carboxylic acids is 1. The number of alkyl halides is 3. The molecule has 36 heavy (non-hydrogen) atoms. The van der Waals surface area contributed by atoms with Crippen molar-refractivity contribution < 1.29 is 22.9 Å². The Labute approximate surface area is 203 Å². The molecule has 0 fully saturated rings. The fraction of sp³-hybridized carbons (Fsp3) is 0.0370. The van der Waals surface area contributed by atoms with Crippen molar-refractivity contribution in [3.63, 3.8) is 0 Å². The van der Waals surface area contributed by atoms with Crippen LogP contribution in [0.15, 0.2) is 103 Å².